The summed E-state index contributed by atoms with van der Waals surface area (Å²) in [5.74, 6) is 6.30. The molecule has 1 aliphatic rings. The molecule has 0 radical (unpaired) electrons. The molecule has 0 saturated heterocycles. The fourth-order valence-electron chi connectivity index (χ4n) is 3.90. The Hall–Kier alpha value is -3.14. The van der Waals surface area contributed by atoms with Crippen molar-refractivity contribution in [2.24, 2.45) is 0 Å². The van der Waals surface area contributed by atoms with E-state index in [0.29, 0.717) is 26.0 Å². The van der Waals surface area contributed by atoms with E-state index in [-0.39, 0.29) is 30.4 Å². The number of ether oxygens (including phenoxy) is 2. The van der Waals surface area contributed by atoms with Crippen molar-refractivity contribution in [1.29, 1.82) is 0 Å². The molecule has 2 aromatic rings. The second kappa shape index (κ2) is 12.2. The van der Waals surface area contributed by atoms with Crippen molar-refractivity contribution in [3.05, 3.63) is 65.2 Å². The van der Waals surface area contributed by atoms with Crippen molar-refractivity contribution >= 4 is 17.5 Å². The van der Waals surface area contributed by atoms with Gasteiger partial charge in [0.1, 0.15) is 0 Å². The lowest BCUT2D eigenvalue weighted by atomic mass is 10.0. The van der Waals surface area contributed by atoms with Gasteiger partial charge in [0.05, 0.1) is 30.0 Å². The molecule has 3 rings (SSSR count). The van der Waals surface area contributed by atoms with Gasteiger partial charge in [-0.15, -0.1) is 0 Å². The number of amides is 2. The van der Waals surface area contributed by atoms with Gasteiger partial charge in [-0.05, 0) is 64.3 Å². The number of rotatable bonds is 11. The molecule has 2 aromatic carbocycles. The standard InChI is InChI=1S/C30H38N2O4/c1-29(2,35-5)19-21-36-30(3,4)18-16-27(33)31-20-17-28(34)32-22-25-12-7-6-10-23(25)14-15-24-11-8-9-13-26(24)32/h6-13H,16-22H2,1-5H3,(H,31,33). The van der Waals surface area contributed by atoms with Crippen LogP contribution in [0.25, 0.3) is 0 Å². The number of hydrogen-bond donors (Lipinski definition) is 1. The normalized spacial score (nSPS) is 13.0. The predicted octanol–water partition coefficient (Wildman–Crippen LogP) is 4.83. The third-order valence-corrected chi connectivity index (χ3v) is 6.54. The van der Waals surface area contributed by atoms with E-state index in [0.717, 1.165) is 28.8 Å². The Morgan fingerprint density at radius 2 is 1.58 bits per heavy atom. The first-order chi connectivity index (χ1) is 17.1. The second-order valence-corrected chi connectivity index (χ2v) is 10.3. The Bertz CT molecular complexity index is 1130. The number of para-hydroxylation sites is 1. The zero-order valence-corrected chi connectivity index (χ0v) is 22.1. The number of anilines is 1. The third-order valence-electron chi connectivity index (χ3n) is 6.54. The molecule has 192 valence electrons. The molecule has 0 unspecified atom stereocenters. The SMILES string of the molecule is COC(C)(C)CCOC(C)(C)CCC(=O)NCCC(=O)N1Cc2ccccc2C#Cc2ccccc21. The van der Waals surface area contributed by atoms with Crippen LogP contribution >= 0.6 is 0 Å². The maximum absolute atomic E-state index is 13.3. The summed E-state index contributed by atoms with van der Waals surface area (Å²) in [6, 6.07) is 15.6. The molecule has 0 aliphatic carbocycles. The first-order valence-electron chi connectivity index (χ1n) is 12.6. The van der Waals surface area contributed by atoms with Crippen LogP contribution in [-0.4, -0.2) is 43.3 Å². The predicted molar refractivity (Wildman–Crippen MR) is 143 cm³/mol. The fourth-order valence-corrected chi connectivity index (χ4v) is 3.90. The van der Waals surface area contributed by atoms with E-state index >= 15 is 0 Å². The minimum Gasteiger partial charge on any atom is -0.379 e. The number of hydrogen-bond acceptors (Lipinski definition) is 4. The maximum Gasteiger partial charge on any atom is 0.229 e. The molecule has 6 heteroatoms. The number of fused-ring (bicyclic) bond motifs is 2. The zero-order valence-electron chi connectivity index (χ0n) is 22.1. The summed E-state index contributed by atoms with van der Waals surface area (Å²) in [7, 11) is 1.69. The lowest BCUT2D eigenvalue weighted by Gasteiger charge is -2.28. The number of methoxy groups -OCH3 is 1. The third kappa shape index (κ3) is 7.94. The van der Waals surface area contributed by atoms with Crippen LogP contribution in [0.4, 0.5) is 5.69 Å². The molecule has 6 nitrogen and oxygen atoms in total. The van der Waals surface area contributed by atoms with E-state index < -0.39 is 5.60 Å². The molecular formula is C30H38N2O4. The van der Waals surface area contributed by atoms with Crippen LogP contribution in [0.5, 0.6) is 0 Å². The van der Waals surface area contributed by atoms with Crippen LogP contribution in [0.1, 0.15) is 70.1 Å². The van der Waals surface area contributed by atoms with E-state index in [1.807, 2.05) is 76.2 Å². The highest BCUT2D eigenvalue weighted by Crippen LogP contribution is 2.26. The molecule has 0 bridgehead atoms. The summed E-state index contributed by atoms with van der Waals surface area (Å²) < 4.78 is 11.4. The minimum atomic E-state index is -0.417. The van der Waals surface area contributed by atoms with Crippen LogP contribution in [0.15, 0.2) is 48.5 Å². The summed E-state index contributed by atoms with van der Waals surface area (Å²) in [5.41, 5.74) is 2.90. The smallest absolute Gasteiger partial charge is 0.229 e. The number of nitrogens with one attached hydrogen (secondary N) is 1. The monoisotopic (exact) mass is 490 g/mol. The van der Waals surface area contributed by atoms with Crippen molar-refractivity contribution in [1.82, 2.24) is 5.32 Å². The Balaban J connectivity index is 1.51. The van der Waals surface area contributed by atoms with Gasteiger partial charge in [-0.1, -0.05) is 42.2 Å². The molecule has 1 heterocycles. The number of benzene rings is 2. The van der Waals surface area contributed by atoms with Crippen LogP contribution in [-0.2, 0) is 25.6 Å². The molecule has 0 fully saturated rings. The average Bonchev–Trinajstić information content (AvgIpc) is 2.84. The largest absolute Gasteiger partial charge is 0.379 e. The highest BCUT2D eigenvalue weighted by atomic mass is 16.5. The van der Waals surface area contributed by atoms with Crippen molar-refractivity contribution in [3.8, 4) is 11.8 Å². The van der Waals surface area contributed by atoms with Gasteiger partial charge in [0, 0.05) is 37.6 Å². The molecule has 1 aliphatic heterocycles. The van der Waals surface area contributed by atoms with E-state index in [1.54, 1.807) is 12.0 Å². The molecule has 0 aromatic heterocycles. The molecule has 36 heavy (non-hydrogen) atoms. The van der Waals surface area contributed by atoms with E-state index in [9.17, 15) is 9.59 Å². The molecular weight excluding hydrogens is 452 g/mol. The lowest BCUT2D eigenvalue weighted by molar-refractivity contribution is -0.123. The van der Waals surface area contributed by atoms with Gasteiger partial charge in [-0.25, -0.2) is 0 Å². The fraction of sp³-hybridized carbons (Fsp3) is 0.467. The van der Waals surface area contributed by atoms with Crippen molar-refractivity contribution in [2.45, 2.75) is 71.1 Å². The maximum atomic E-state index is 13.3. The first-order valence-corrected chi connectivity index (χ1v) is 12.6. The minimum absolute atomic E-state index is 0.0503. The Morgan fingerprint density at radius 1 is 0.917 bits per heavy atom. The highest BCUT2D eigenvalue weighted by Gasteiger charge is 2.24. The van der Waals surface area contributed by atoms with E-state index in [1.165, 1.54) is 0 Å². The van der Waals surface area contributed by atoms with Crippen molar-refractivity contribution < 1.29 is 19.1 Å². The van der Waals surface area contributed by atoms with Gasteiger partial charge < -0.3 is 19.7 Å². The summed E-state index contributed by atoms with van der Waals surface area (Å²) in [6.07, 6.45) is 1.91. The van der Waals surface area contributed by atoms with Crippen LogP contribution in [0.2, 0.25) is 0 Å². The highest BCUT2D eigenvalue weighted by molar-refractivity contribution is 5.95. The Labute approximate surface area is 215 Å². The van der Waals surface area contributed by atoms with Gasteiger partial charge >= 0.3 is 0 Å². The summed E-state index contributed by atoms with van der Waals surface area (Å²) in [5, 5.41) is 2.90. The van der Waals surface area contributed by atoms with Crippen LogP contribution < -0.4 is 10.2 Å². The zero-order chi connectivity index (χ0) is 26.2. The molecule has 2 amide bonds. The van der Waals surface area contributed by atoms with Gasteiger partial charge in [0.15, 0.2) is 0 Å². The molecule has 1 N–H and O–H groups in total. The van der Waals surface area contributed by atoms with E-state index in [2.05, 4.69) is 17.2 Å². The summed E-state index contributed by atoms with van der Waals surface area (Å²) in [4.78, 5) is 27.5. The first kappa shape index (κ1) is 27.4. The second-order valence-electron chi connectivity index (χ2n) is 10.3. The number of carbonyl (C=O) groups is 2. The van der Waals surface area contributed by atoms with Gasteiger partial charge in [0.2, 0.25) is 11.8 Å². The van der Waals surface area contributed by atoms with E-state index in [4.69, 9.17) is 9.47 Å². The molecule has 0 spiro atoms. The van der Waals surface area contributed by atoms with Crippen LogP contribution in [0.3, 0.4) is 0 Å². The van der Waals surface area contributed by atoms with Crippen LogP contribution in [0, 0.1) is 11.8 Å². The van der Waals surface area contributed by atoms with Gasteiger partial charge in [-0.3, -0.25) is 9.59 Å². The number of carbonyl (C=O) groups excluding carboxylic acids is 2. The summed E-state index contributed by atoms with van der Waals surface area (Å²) in [6.45, 7) is 9.32. The molecule has 0 atom stereocenters. The topological polar surface area (TPSA) is 67.9 Å². The summed E-state index contributed by atoms with van der Waals surface area (Å²) >= 11 is 0. The number of nitrogens with zero attached hydrogens (tertiary/aromatic N) is 1. The van der Waals surface area contributed by atoms with Gasteiger partial charge in [0.25, 0.3) is 0 Å². The Morgan fingerprint density at radius 3 is 2.33 bits per heavy atom. The van der Waals surface area contributed by atoms with Gasteiger partial charge in [-0.2, -0.15) is 0 Å². The van der Waals surface area contributed by atoms with Crippen molar-refractivity contribution in [3.63, 3.8) is 0 Å². The quantitative estimate of drug-likeness (QED) is 0.458. The molecule has 0 saturated carbocycles. The Kier molecular flexibility index (Phi) is 9.31. The lowest BCUT2D eigenvalue weighted by Crippen LogP contribution is -2.36. The average molecular weight is 491 g/mol. The van der Waals surface area contributed by atoms with Crippen molar-refractivity contribution in [2.75, 3.05) is 25.2 Å².